The van der Waals surface area contributed by atoms with Crippen LogP contribution in [0.5, 0.6) is 0 Å². The summed E-state index contributed by atoms with van der Waals surface area (Å²) in [5.41, 5.74) is 0. The van der Waals surface area contributed by atoms with Gasteiger partial charge in [0.2, 0.25) is 0 Å². The van der Waals surface area contributed by atoms with Gasteiger partial charge in [-0.25, -0.2) is 0 Å². The van der Waals surface area contributed by atoms with Crippen molar-refractivity contribution >= 4 is 5.97 Å². The summed E-state index contributed by atoms with van der Waals surface area (Å²) in [5.74, 6) is -0.666. The van der Waals surface area contributed by atoms with Gasteiger partial charge in [0.25, 0.3) is 0 Å². The highest BCUT2D eigenvalue weighted by molar-refractivity contribution is 5.66. The zero-order valence-electron chi connectivity index (χ0n) is 17.3. The minimum atomic E-state index is -0.954. The Hall–Kier alpha value is -0.890. The second kappa shape index (κ2) is 31.8. The Labute approximate surface area is 172 Å². The molecule has 0 spiro atoms. The van der Waals surface area contributed by atoms with Gasteiger partial charge in [-0.3, -0.25) is 4.79 Å². The van der Waals surface area contributed by atoms with Crippen molar-refractivity contribution in [1.29, 1.82) is 0 Å². The quantitative estimate of drug-likeness (QED) is 0.140. The highest BCUT2D eigenvalue weighted by atomic mass is 16.4. The van der Waals surface area contributed by atoms with E-state index in [0.29, 0.717) is 6.42 Å². The van der Waals surface area contributed by atoms with E-state index in [9.17, 15) is 4.79 Å². The van der Waals surface area contributed by atoms with E-state index >= 15 is 0 Å². The van der Waals surface area contributed by atoms with E-state index < -0.39 is 24.3 Å². The molecule has 11 heteroatoms. The molecule has 0 saturated carbocycles. The number of unbranched alkanes of at least 4 members (excludes halogenated alkanes) is 5. The third-order valence-corrected chi connectivity index (χ3v) is 3.01. The van der Waals surface area contributed by atoms with E-state index in [-0.39, 0.29) is 39.6 Å². The molecular formula is C18H42O11. The Morgan fingerprint density at radius 3 is 1.07 bits per heavy atom. The lowest BCUT2D eigenvalue weighted by atomic mass is 10.1. The highest BCUT2D eigenvalue weighted by Gasteiger charge is 1.96. The Morgan fingerprint density at radius 2 is 0.862 bits per heavy atom. The lowest BCUT2D eigenvalue weighted by Crippen LogP contribution is -2.15. The van der Waals surface area contributed by atoms with Crippen molar-refractivity contribution in [2.75, 3.05) is 39.6 Å². The van der Waals surface area contributed by atoms with Gasteiger partial charge in [0.05, 0.1) is 39.6 Å². The molecule has 0 fully saturated rings. The maximum Gasteiger partial charge on any atom is 0.303 e. The molecule has 0 bridgehead atoms. The van der Waals surface area contributed by atoms with Crippen LogP contribution in [0.4, 0.5) is 0 Å². The van der Waals surface area contributed by atoms with Crippen LogP contribution in [0, 0.1) is 0 Å². The Kier molecular flexibility index (Phi) is 39.0. The average Bonchev–Trinajstić information content (AvgIpc) is 2.75. The lowest BCUT2D eigenvalue weighted by Gasteiger charge is -1.97. The van der Waals surface area contributed by atoms with E-state index in [0.717, 1.165) is 12.8 Å². The van der Waals surface area contributed by atoms with Crippen LogP contribution in [-0.4, -0.2) is 115 Å². The van der Waals surface area contributed by atoms with Gasteiger partial charge in [-0.15, -0.1) is 0 Å². The predicted molar refractivity (Wildman–Crippen MR) is 106 cm³/mol. The van der Waals surface area contributed by atoms with Crippen LogP contribution < -0.4 is 0 Å². The molecule has 29 heavy (non-hydrogen) atoms. The summed E-state index contributed by atoms with van der Waals surface area (Å²) in [4.78, 5) is 10.1. The molecular weight excluding hydrogens is 392 g/mol. The normalized spacial score (nSPS) is 9.97. The summed E-state index contributed by atoms with van der Waals surface area (Å²) < 4.78 is 0. The first-order valence-electron chi connectivity index (χ1n) is 9.61. The first kappa shape index (κ1) is 35.5. The molecule has 0 saturated heterocycles. The smallest absolute Gasteiger partial charge is 0.303 e. The lowest BCUT2D eigenvalue weighted by molar-refractivity contribution is -0.137. The Bertz CT molecular complexity index is 257. The Balaban J connectivity index is -0.000000151. The van der Waals surface area contributed by atoms with Crippen LogP contribution in [0.3, 0.4) is 0 Å². The van der Waals surface area contributed by atoms with Crippen LogP contribution in [0.1, 0.15) is 51.9 Å². The molecule has 11 nitrogen and oxygen atoms in total. The van der Waals surface area contributed by atoms with Crippen molar-refractivity contribution in [2.24, 2.45) is 0 Å². The van der Waals surface area contributed by atoms with Crippen molar-refractivity contribution < 1.29 is 55.9 Å². The van der Waals surface area contributed by atoms with Crippen molar-refractivity contribution in [3.8, 4) is 0 Å². The molecule has 0 aliphatic carbocycles. The van der Waals surface area contributed by atoms with E-state index in [1.807, 2.05) is 0 Å². The highest BCUT2D eigenvalue weighted by Crippen LogP contribution is 2.06. The van der Waals surface area contributed by atoms with E-state index in [1.165, 1.54) is 25.7 Å². The van der Waals surface area contributed by atoms with Gasteiger partial charge in [-0.2, -0.15) is 0 Å². The number of carbonyl (C=O) groups is 1. The number of aliphatic carboxylic acids is 1. The minimum absolute atomic E-state index is 0.339. The topological polar surface area (TPSA) is 219 Å². The fraction of sp³-hybridized carbons (Fsp3) is 0.944. The van der Waals surface area contributed by atoms with Crippen LogP contribution in [0.15, 0.2) is 0 Å². The molecule has 0 atom stereocenters. The summed E-state index contributed by atoms with van der Waals surface area (Å²) in [7, 11) is 0. The van der Waals surface area contributed by atoms with Gasteiger partial charge < -0.3 is 51.1 Å². The molecule has 180 valence electrons. The van der Waals surface area contributed by atoms with Gasteiger partial charge in [0.1, 0.15) is 18.3 Å². The molecule has 0 aromatic heterocycles. The number of aliphatic hydroxyl groups is 9. The van der Waals surface area contributed by atoms with E-state index in [1.54, 1.807) is 0 Å². The summed E-state index contributed by atoms with van der Waals surface area (Å²) in [6, 6.07) is 0. The number of carboxylic acid groups (broad SMARTS) is 1. The SMILES string of the molecule is CCCCCCCCC(=O)O.OCC(O)CO.OCC(O)CO.OCC(O)CO. The molecule has 0 aromatic carbocycles. The fourth-order valence-electron chi connectivity index (χ4n) is 1.23. The first-order valence-corrected chi connectivity index (χ1v) is 9.61. The summed E-state index contributed by atoms with van der Waals surface area (Å²) in [5, 5.41) is 80.4. The third-order valence-electron chi connectivity index (χ3n) is 3.01. The molecule has 0 aromatic rings. The third kappa shape index (κ3) is 46.8. The second-order valence-corrected chi connectivity index (χ2v) is 5.97. The molecule has 10 N–H and O–H groups in total. The van der Waals surface area contributed by atoms with Gasteiger partial charge in [0, 0.05) is 6.42 Å². The molecule has 0 amide bonds. The largest absolute Gasteiger partial charge is 0.481 e. The van der Waals surface area contributed by atoms with Gasteiger partial charge in [0.15, 0.2) is 0 Å². The maximum atomic E-state index is 10.1. The number of hydrogen-bond donors (Lipinski definition) is 10. The first-order chi connectivity index (χ1) is 13.7. The van der Waals surface area contributed by atoms with Crippen molar-refractivity contribution in [2.45, 2.75) is 70.2 Å². The summed E-state index contributed by atoms with van der Waals surface area (Å²) >= 11 is 0. The number of hydrogen-bond acceptors (Lipinski definition) is 10. The summed E-state index contributed by atoms with van der Waals surface area (Å²) in [6.07, 6.45) is 4.39. The number of rotatable bonds is 13. The number of carboxylic acids is 1. The predicted octanol–water partition coefficient (Wildman–Crippen LogP) is -2.18. The fourth-order valence-corrected chi connectivity index (χ4v) is 1.23. The van der Waals surface area contributed by atoms with Crippen molar-refractivity contribution in [1.82, 2.24) is 0 Å². The molecule has 0 unspecified atom stereocenters. The van der Waals surface area contributed by atoms with Crippen LogP contribution in [0.25, 0.3) is 0 Å². The van der Waals surface area contributed by atoms with Crippen LogP contribution >= 0.6 is 0 Å². The molecule has 0 heterocycles. The maximum absolute atomic E-state index is 10.1. The van der Waals surface area contributed by atoms with Gasteiger partial charge in [-0.05, 0) is 6.42 Å². The van der Waals surface area contributed by atoms with Gasteiger partial charge in [-0.1, -0.05) is 39.0 Å². The molecule has 0 rings (SSSR count). The zero-order valence-corrected chi connectivity index (χ0v) is 17.3. The molecule has 0 aliphatic heterocycles. The van der Waals surface area contributed by atoms with E-state index in [4.69, 9.17) is 51.1 Å². The Morgan fingerprint density at radius 1 is 0.586 bits per heavy atom. The van der Waals surface area contributed by atoms with Crippen LogP contribution in [0.2, 0.25) is 0 Å². The second-order valence-electron chi connectivity index (χ2n) is 5.97. The zero-order chi connectivity index (χ0) is 23.5. The molecule has 0 radical (unpaired) electrons. The minimum Gasteiger partial charge on any atom is -0.481 e. The monoisotopic (exact) mass is 434 g/mol. The van der Waals surface area contributed by atoms with E-state index in [2.05, 4.69) is 6.92 Å². The molecule has 0 aliphatic rings. The standard InChI is InChI=1S/C9H18O2.3C3H8O3/c1-2-3-4-5-6-7-8-9(10)11;3*4-1-3(6)2-5/h2-8H2,1H3,(H,10,11);3*3-6H,1-2H2. The number of aliphatic hydroxyl groups excluding tert-OH is 9. The van der Waals surface area contributed by atoms with Gasteiger partial charge >= 0.3 is 5.97 Å². The average molecular weight is 435 g/mol. The van der Waals surface area contributed by atoms with Crippen molar-refractivity contribution in [3.05, 3.63) is 0 Å². The van der Waals surface area contributed by atoms with Crippen molar-refractivity contribution in [3.63, 3.8) is 0 Å². The summed E-state index contributed by atoms with van der Waals surface area (Å²) in [6.45, 7) is -0.00967. The van der Waals surface area contributed by atoms with Crippen LogP contribution in [-0.2, 0) is 4.79 Å².